The second-order valence-electron chi connectivity index (χ2n) is 4.99. The molecule has 1 saturated carbocycles. The topological polar surface area (TPSA) is 92.1 Å². The Hall–Kier alpha value is -2.70. The number of hydrogen-bond donors (Lipinski definition) is 1. The Kier molecular flexibility index (Phi) is 3.39. The van der Waals surface area contributed by atoms with Crippen LogP contribution in [-0.4, -0.2) is 27.1 Å². The van der Waals surface area contributed by atoms with E-state index in [1.807, 2.05) is 30.3 Å². The lowest BCUT2D eigenvalue weighted by Gasteiger charge is -2.37. The molecule has 7 heteroatoms. The van der Waals surface area contributed by atoms with E-state index in [1.165, 1.54) is 6.07 Å². The van der Waals surface area contributed by atoms with Gasteiger partial charge >= 0.3 is 5.82 Å². The highest BCUT2D eigenvalue weighted by Crippen LogP contribution is 2.31. The SMILES string of the molecule is O=C(c1cc([N+](=O)[O-])[nH]n1)N(c1ccccc1)C1CCC1. The molecule has 1 aromatic carbocycles. The lowest BCUT2D eigenvalue weighted by Crippen LogP contribution is -2.44. The van der Waals surface area contributed by atoms with Gasteiger partial charge in [0.05, 0.1) is 6.07 Å². The summed E-state index contributed by atoms with van der Waals surface area (Å²) in [4.78, 5) is 24.4. The summed E-state index contributed by atoms with van der Waals surface area (Å²) < 4.78 is 0. The van der Waals surface area contributed by atoms with Crippen LogP contribution in [0.1, 0.15) is 29.8 Å². The number of anilines is 1. The maximum Gasteiger partial charge on any atom is 0.343 e. The summed E-state index contributed by atoms with van der Waals surface area (Å²) in [6, 6.07) is 10.6. The number of carbonyl (C=O) groups excluding carboxylic acids is 1. The number of amides is 1. The van der Waals surface area contributed by atoms with Crippen molar-refractivity contribution in [2.45, 2.75) is 25.3 Å². The molecule has 1 aromatic heterocycles. The van der Waals surface area contributed by atoms with Crippen LogP contribution in [0.4, 0.5) is 11.5 Å². The third-order valence-corrected chi connectivity index (χ3v) is 3.67. The molecule has 0 atom stereocenters. The van der Waals surface area contributed by atoms with Crippen molar-refractivity contribution in [2.24, 2.45) is 0 Å². The van der Waals surface area contributed by atoms with Gasteiger partial charge in [0.2, 0.25) is 0 Å². The van der Waals surface area contributed by atoms with Crippen molar-refractivity contribution in [2.75, 3.05) is 4.90 Å². The van der Waals surface area contributed by atoms with Crippen LogP contribution in [0, 0.1) is 10.1 Å². The molecule has 2 aromatic rings. The number of para-hydroxylation sites is 1. The van der Waals surface area contributed by atoms with Gasteiger partial charge in [-0.1, -0.05) is 23.3 Å². The maximum atomic E-state index is 12.6. The van der Waals surface area contributed by atoms with E-state index in [1.54, 1.807) is 4.90 Å². The van der Waals surface area contributed by atoms with Gasteiger partial charge in [-0.05, 0) is 36.3 Å². The molecule has 21 heavy (non-hydrogen) atoms. The average Bonchev–Trinajstić information content (AvgIpc) is 2.93. The molecule has 1 N–H and O–H groups in total. The third-order valence-electron chi connectivity index (χ3n) is 3.67. The highest BCUT2D eigenvalue weighted by molar-refractivity contribution is 6.05. The normalized spacial score (nSPS) is 14.5. The minimum absolute atomic E-state index is 0.0671. The largest absolute Gasteiger partial charge is 0.358 e. The minimum Gasteiger partial charge on any atom is -0.358 e. The fraction of sp³-hybridized carbons (Fsp3) is 0.286. The molecule has 1 heterocycles. The minimum atomic E-state index is -0.597. The third kappa shape index (κ3) is 2.49. The Morgan fingerprint density at radius 3 is 2.57 bits per heavy atom. The number of nitro groups is 1. The molecule has 0 aliphatic heterocycles. The van der Waals surface area contributed by atoms with Crippen LogP contribution in [0.5, 0.6) is 0 Å². The van der Waals surface area contributed by atoms with E-state index in [0.29, 0.717) is 0 Å². The smallest absolute Gasteiger partial charge is 0.343 e. The number of H-pyrrole nitrogens is 1. The van der Waals surface area contributed by atoms with Crippen molar-refractivity contribution in [3.63, 3.8) is 0 Å². The van der Waals surface area contributed by atoms with Crippen LogP contribution in [0.15, 0.2) is 36.4 Å². The highest BCUT2D eigenvalue weighted by Gasteiger charge is 2.32. The van der Waals surface area contributed by atoms with Crippen molar-refractivity contribution < 1.29 is 9.72 Å². The van der Waals surface area contributed by atoms with E-state index in [0.717, 1.165) is 24.9 Å². The van der Waals surface area contributed by atoms with E-state index < -0.39 is 4.92 Å². The molecule has 0 bridgehead atoms. The zero-order valence-electron chi connectivity index (χ0n) is 11.2. The van der Waals surface area contributed by atoms with E-state index in [4.69, 9.17) is 0 Å². The fourth-order valence-corrected chi connectivity index (χ4v) is 2.37. The number of rotatable bonds is 4. The number of carbonyl (C=O) groups is 1. The van der Waals surface area contributed by atoms with Gasteiger partial charge in [0.15, 0.2) is 5.69 Å². The van der Waals surface area contributed by atoms with Crippen LogP contribution in [0.25, 0.3) is 0 Å². The van der Waals surface area contributed by atoms with E-state index >= 15 is 0 Å². The van der Waals surface area contributed by atoms with Gasteiger partial charge < -0.3 is 15.0 Å². The number of nitrogens with one attached hydrogen (secondary N) is 1. The molecule has 1 aliphatic rings. The van der Waals surface area contributed by atoms with Crippen molar-refractivity contribution >= 4 is 17.4 Å². The first-order valence-corrected chi connectivity index (χ1v) is 6.75. The molecular weight excluding hydrogens is 272 g/mol. The zero-order valence-corrected chi connectivity index (χ0v) is 11.2. The molecule has 0 saturated heterocycles. The van der Waals surface area contributed by atoms with Gasteiger partial charge in [-0.3, -0.25) is 4.79 Å². The van der Waals surface area contributed by atoms with Gasteiger partial charge in [0, 0.05) is 11.7 Å². The molecule has 3 rings (SSSR count). The molecule has 1 amide bonds. The predicted molar refractivity (Wildman–Crippen MR) is 76.1 cm³/mol. The summed E-state index contributed by atoms with van der Waals surface area (Å²) in [6.45, 7) is 0. The summed E-state index contributed by atoms with van der Waals surface area (Å²) in [5.74, 6) is -0.588. The number of benzene rings is 1. The summed E-state index contributed by atoms with van der Waals surface area (Å²) in [5.41, 5.74) is 0.857. The van der Waals surface area contributed by atoms with E-state index in [9.17, 15) is 14.9 Å². The van der Waals surface area contributed by atoms with Crippen LogP contribution >= 0.6 is 0 Å². The summed E-state index contributed by atoms with van der Waals surface area (Å²) in [6.07, 6.45) is 2.96. The van der Waals surface area contributed by atoms with Crippen molar-refractivity contribution in [1.82, 2.24) is 10.2 Å². The molecule has 0 radical (unpaired) electrons. The van der Waals surface area contributed by atoms with E-state index in [2.05, 4.69) is 10.2 Å². The van der Waals surface area contributed by atoms with E-state index in [-0.39, 0.29) is 23.5 Å². The first kappa shape index (κ1) is 13.3. The predicted octanol–water partition coefficient (Wildman–Crippen LogP) is 2.52. The monoisotopic (exact) mass is 286 g/mol. The van der Waals surface area contributed by atoms with Crippen molar-refractivity contribution in [3.8, 4) is 0 Å². The average molecular weight is 286 g/mol. The van der Waals surface area contributed by atoms with Gasteiger partial charge in [0.1, 0.15) is 0 Å². The van der Waals surface area contributed by atoms with Gasteiger partial charge in [-0.25, -0.2) is 0 Å². The summed E-state index contributed by atoms with van der Waals surface area (Å²) >= 11 is 0. The quantitative estimate of drug-likeness (QED) is 0.690. The van der Waals surface area contributed by atoms with Crippen molar-refractivity contribution in [3.05, 3.63) is 52.2 Å². The zero-order chi connectivity index (χ0) is 14.8. The number of nitrogens with zero attached hydrogens (tertiary/aromatic N) is 3. The first-order chi connectivity index (χ1) is 10.2. The number of aromatic amines is 1. The Balaban J connectivity index is 1.92. The van der Waals surface area contributed by atoms with Gasteiger partial charge in [-0.15, -0.1) is 5.10 Å². The molecule has 1 aliphatic carbocycles. The fourth-order valence-electron chi connectivity index (χ4n) is 2.37. The Morgan fingerprint density at radius 1 is 1.33 bits per heavy atom. The molecule has 108 valence electrons. The van der Waals surface area contributed by atoms with Gasteiger partial charge in [0.25, 0.3) is 5.91 Å². The molecule has 1 fully saturated rings. The highest BCUT2D eigenvalue weighted by atomic mass is 16.6. The van der Waals surface area contributed by atoms with Gasteiger partial charge in [-0.2, -0.15) is 0 Å². The van der Waals surface area contributed by atoms with Crippen LogP contribution < -0.4 is 4.90 Å². The second kappa shape index (κ2) is 5.35. The Bertz CT molecular complexity index is 664. The second-order valence-corrected chi connectivity index (χ2v) is 4.99. The van der Waals surface area contributed by atoms with Crippen LogP contribution in [0.3, 0.4) is 0 Å². The van der Waals surface area contributed by atoms with Crippen molar-refractivity contribution in [1.29, 1.82) is 0 Å². The standard InChI is InChI=1S/C14H14N4O3/c19-14(12-9-13(16-15-12)18(20)21)17(11-7-4-8-11)10-5-2-1-3-6-10/h1-3,5-6,9,11H,4,7-8H2,(H,15,16). The molecule has 0 spiro atoms. The Labute approximate surface area is 120 Å². The molecule has 0 unspecified atom stereocenters. The lowest BCUT2D eigenvalue weighted by molar-refractivity contribution is -0.389. The maximum absolute atomic E-state index is 12.6. The number of hydrogen-bond acceptors (Lipinski definition) is 4. The lowest BCUT2D eigenvalue weighted by atomic mass is 9.90. The number of aromatic nitrogens is 2. The molecular formula is C14H14N4O3. The first-order valence-electron chi connectivity index (χ1n) is 6.75. The van der Waals surface area contributed by atoms with Crippen LogP contribution in [-0.2, 0) is 0 Å². The summed E-state index contributed by atoms with van der Waals surface area (Å²) in [7, 11) is 0. The Morgan fingerprint density at radius 2 is 2.05 bits per heavy atom. The van der Waals surface area contributed by atoms with Crippen LogP contribution in [0.2, 0.25) is 0 Å². The molecule has 7 nitrogen and oxygen atoms in total. The summed E-state index contributed by atoms with van der Waals surface area (Å²) in [5, 5.41) is 16.7.